The van der Waals surface area contributed by atoms with Gasteiger partial charge in [-0.3, -0.25) is 0 Å². The van der Waals surface area contributed by atoms with Crippen molar-refractivity contribution in [1.29, 1.82) is 0 Å². The summed E-state index contributed by atoms with van der Waals surface area (Å²) < 4.78 is 8.89. The van der Waals surface area contributed by atoms with E-state index in [-0.39, 0.29) is 0 Å². The number of rotatable bonds is 6. The molecule has 0 aliphatic rings. The summed E-state index contributed by atoms with van der Waals surface area (Å²) in [6.07, 6.45) is 0. The number of hydrogen-bond acceptors (Lipinski definition) is 2. The molecule has 11 rings (SSSR count). The predicted molar refractivity (Wildman–Crippen MR) is 231 cm³/mol. The van der Waals surface area contributed by atoms with E-state index in [0.29, 0.717) is 0 Å². The van der Waals surface area contributed by atoms with Crippen molar-refractivity contribution in [2.75, 3.05) is 4.90 Å². The lowest BCUT2D eigenvalue weighted by molar-refractivity contribution is 0.672. The summed E-state index contributed by atoms with van der Waals surface area (Å²) >= 11 is 0. The molecule has 0 radical (unpaired) electrons. The average molecular weight is 703 g/mol. The monoisotopic (exact) mass is 702 g/mol. The Kier molecular flexibility index (Phi) is 7.17. The standard InChI is InChI=1S/C52H34N2O/c1-2-15-38(16-3-1)53(47-22-10-7-18-41(47)37-29-33-51-46(34-37)45-32-28-35-14-4-5-19-42(35)52(45)55-51)39-30-26-36(27-31-39)40-17-6-11-23-48(40)54-49-24-12-8-20-43(49)44-21-9-13-25-50(44)54/h1-34H. The van der Waals surface area contributed by atoms with Crippen molar-refractivity contribution in [3.63, 3.8) is 0 Å². The van der Waals surface area contributed by atoms with Crippen LogP contribution in [-0.4, -0.2) is 4.57 Å². The first-order chi connectivity index (χ1) is 27.3. The maximum absolute atomic E-state index is 6.48. The van der Waals surface area contributed by atoms with Gasteiger partial charge in [-0.2, -0.15) is 0 Å². The topological polar surface area (TPSA) is 21.3 Å². The van der Waals surface area contributed by atoms with Gasteiger partial charge >= 0.3 is 0 Å². The molecule has 0 amide bonds. The number of nitrogens with zero attached hydrogens (tertiary/aromatic N) is 2. The number of anilines is 3. The molecular weight excluding hydrogens is 669 g/mol. The van der Waals surface area contributed by atoms with Crippen molar-refractivity contribution in [2.24, 2.45) is 0 Å². The first-order valence-electron chi connectivity index (χ1n) is 18.8. The summed E-state index contributed by atoms with van der Waals surface area (Å²) in [6.45, 7) is 0. The molecule has 258 valence electrons. The molecule has 11 aromatic rings. The minimum atomic E-state index is 0.893. The Labute approximate surface area is 318 Å². The van der Waals surface area contributed by atoms with Crippen LogP contribution in [0, 0.1) is 0 Å². The molecule has 55 heavy (non-hydrogen) atoms. The fourth-order valence-electron chi connectivity index (χ4n) is 8.47. The van der Waals surface area contributed by atoms with E-state index >= 15 is 0 Å². The number of hydrogen-bond donors (Lipinski definition) is 0. The van der Waals surface area contributed by atoms with Crippen molar-refractivity contribution in [1.82, 2.24) is 4.57 Å². The molecule has 0 bridgehead atoms. The highest BCUT2D eigenvalue weighted by atomic mass is 16.3. The first-order valence-corrected chi connectivity index (χ1v) is 18.8. The molecule has 2 aromatic heterocycles. The summed E-state index contributed by atoms with van der Waals surface area (Å²) in [7, 11) is 0. The Bertz CT molecular complexity index is 3150. The van der Waals surface area contributed by atoms with Gasteiger partial charge in [-0.05, 0) is 83.2 Å². The van der Waals surface area contributed by atoms with E-state index in [1.807, 2.05) is 0 Å². The summed E-state index contributed by atoms with van der Waals surface area (Å²) in [6, 6.07) is 73.9. The van der Waals surface area contributed by atoms with E-state index in [1.54, 1.807) is 0 Å². The molecule has 3 heteroatoms. The highest BCUT2D eigenvalue weighted by Gasteiger charge is 2.20. The minimum absolute atomic E-state index is 0.893. The minimum Gasteiger partial charge on any atom is -0.455 e. The van der Waals surface area contributed by atoms with Crippen LogP contribution in [0.1, 0.15) is 0 Å². The van der Waals surface area contributed by atoms with Crippen molar-refractivity contribution in [3.05, 3.63) is 206 Å². The van der Waals surface area contributed by atoms with Gasteiger partial charge in [0.1, 0.15) is 11.2 Å². The van der Waals surface area contributed by atoms with E-state index in [1.165, 1.54) is 32.8 Å². The quantitative estimate of drug-likeness (QED) is 0.172. The predicted octanol–water partition coefficient (Wildman–Crippen LogP) is 14.6. The van der Waals surface area contributed by atoms with Gasteiger partial charge in [0.2, 0.25) is 0 Å². The SMILES string of the molecule is c1ccc(N(c2ccc(-c3ccccc3-n3c4ccccc4c4ccccc43)cc2)c2ccccc2-c2ccc3oc4c5ccccc5ccc4c3c2)cc1. The smallest absolute Gasteiger partial charge is 0.143 e. The lowest BCUT2D eigenvalue weighted by atomic mass is 9.98. The van der Waals surface area contributed by atoms with Gasteiger partial charge < -0.3 is 13.9 Å². The number of para-hydroxylation sites is 5. The van der Waals surface area contributed by atoms with Crippen molar-refractivity contribution >= 4 is 71.6 Å². The fraction of sp³-hybridized carbons (Fsp3) is 0. The second-order valence-electron chi connectivity index (χ2n) is 14.1. The van der Waals surface area contributed by atoms with E-state index in [0.717, 1.165) is 66.8 Å². The summed E-state index contributed by atoms with van der Waals surface area (Å²) in [5.41, 5.74) is 13.3. The highest BCUT2D eigenvalue weighted by molar-refractivity contribution is 6.16. The Morgan fingerprint density at radius 1 is 0.382 bits per heavy atom. The Morgan fingerprint density at radius 3 is 1.76 bits per heavy atom. The number of fused-ring (bicyclic) bond motifs is 8. The van der Waals surface area contributed by atoms with Crippen LogP contribution in [0.4, 0.5) is 17.1 Å². The zero-order chi connectivity index (χ0) is 36.3. The van der Waals surface area contributed by atoms with Crippen molar-refractivity contribution < 1.29 is 4.42 Å². The van der Waals surface area contributed by atoms with Crippen molar-refractivity contribution in [3.8, 4) is 27.9 Å². The second kappa shape index (κ2) is 12.6. The molecular formula is C52H34N2O. The summed E-state index contributed by atoms with van der Waals surface area (Å²) in [5, 5.41) is 7.08. The number of aromatic nitrogens is 1. The lowest BCUT2D eigenvalue weighted by Crippen LogP contribution is -2.11. The van der Waals surface area contributed by atoms with E-state index in [4.69, 9.17) is 4.42 Å². The van der Waals surface area contributed by atoms with E-state index in [2.05, 4.69) is 216 Å². The number of benzene rings is 9. The third kappa shape index (κ3) is 5.05. The maximum atomic E-state index is 6.48. The Hall–Kier alpha value is -7.36. The molecule has 0 aliphatic carbocycles. The van der Waals surface area contributed by atoms with Crippen LogP contribution in [-0.2, 0) is 0 Å². The zero-order valence-corrected chi connectivity index (χ0v) is 29.9. The third-order valence-corrected chi connectivity index (χ3v) is 11.0. The molecule has 0 spiro atoms. The van der Waals surface area contributed by atoms with Gasteiger partial charge in [0.25, 0.3) is 0 Å². The number of furan rings is 1. The molecule has 2 heterocycles. The normalized spacial score (nSPS) is 11.6. The van der Waals surface area contributed by atoms with Crippen LogP contribution in [0.15, 0.2) is 211 Å². The second-order valence-corrected chi connectivity index (χ2v) is 14.1. The van der Waals surface area contributed by atoms with E-state index < -0.39 is 0 Å². The van der Waals surface area contributed by atoms with Crippen LogP contribution >= 0.6 is 0 Å². The molecule has 3 nitrogen and oxygen atoms in total. The molecule has 9 aromatic carbocycles. The van der Waals surface area contributed by atoms with Crippen molar-refractivity contribution in [2.45, 2.75) is 0 Å². The summed E-state index contributed by atoms with van der Waals surface area (Å²) in [5.74, 6) is 0. The molecule has 0 unspecified atom stereocenters. The van der Waals surface area contributed by atoms with Crippen LogP contribution in [0.3, 0.4) is 0 Å². The van der Waals surface area contributed by atoms with Gasteiger partial charge in [-0.15, -0.1) is 0 Å². The lowest BCUT2D eigenvalue weighted by Gasteiger charge is -2.28. The Balaban J connectivity index is 1.04. The summed E-state index contributed by atoms with van der Waals surface area (Å²) in [4.78, 5) is 2.36. The van der Waals surface area contributed by atoms with Gasteiger partial charge in [0.05, 0.1) is 22.4 Å². The molecule has 0 atom stereocenters. The Morgan fingerprint density at radius 2 is 0.982 bits per heavy atom. The van der Waals surface area contributed by atoms with Crippen LogP contribution in [0.2, 0.25) is 0 Å². The molecule has 0 aliphatic heterocycles. The van der Waals surface area contributed by atoms with Gasteiger partial charge in [0, 0.05) is 49.4 Å². The first kappa shape index (κ1) is 31.2. The van der Waals surface area contributed by atoms with Gasteiger partial charge in [-0.25, -0.2) is 0 Å². The third-order valence-electron chi connectivity index (χ3n) is 11.0. The molecule has 0 saturated carbocycles. The molecule has 0 fully saturated rings. The maximum Gasteiger partial charge on any atom is 0.143 e. The van der Waals surface area contributed by atoms with Gasteiger partial charge in [-0.1, -0.05) is 140 Å². The van der Waals surface area contributed by atoms with E-state index in [9.17, 15) is 0 Å². The van der Waals surface area contributed by atoms with Gasteiger partial charge in [0.15, 0.2) is 0 Å². The molecule has 0 saturated heterocycles. The largest absolute Gasteiger partial charge is 0.455 e. The fourth-order valence-corrected chi connectivity index (χ4v) is 8.47. The zero-order valence-electron chi connectivity index (χ0n) is 29.9. The van der Waals surface area contributed by atoms with Crippen LogP contribution in [0.25, 0.3) is 82.5 Å². The highest BCUT2D eigenvalue weighted by Crippen LogP contribution is 2.44. The van der Waals surface area contributed by atoms with Crippen LogP contribution < -0.4 is 4.90 Å². The van der Waals surface area contributed by atoms with Crippen LogP contribution in [0.5, 0.6) is 0 Å². The molecule has 0 N–H and O–H groups in total. The average Bonchev–Trinajstić information content (AvgIpc) is 3.80.